The van der Waals surface area contributed by atoms with E-state index in [0.29, 0.717) is 11.4 Å². The first-order valence-electron chi connectivity index (χ1n) is 7.98. The highest BCUT2D eigenvalue weighted by molar-refractivity contribution is 7.91. The van der Waals surface area contributed by atoms with Crippen LogP contribution in [0, 0.1) is 6.92 Å². The number of hydrogen-bond acceptors (Lipinski definition) is 6. The predicted molar refractivity (Wildman–Crippen MR) is 104 cm³/mol. The molecule has 0 fully saturated rings. The van der Waals surface area contributed by atoms with Crippen LogP contribution >= 0.6 is 0 Å². The van der Waals surface area contributed by atoms with E-state index in [4.69, 9.17) is 0 Å². The molecule has 9 heteroatoms. The molecule has 1 N–H and O–H groups in total. The van der Waals surface area contributed by atoms with Crippen molar-refractivity contribution in [2.45, 2.75) is 16.7 Å². The molecule has 142 valence electrons. The van der Waals surface area contributed by atoms with Gasteiger partial charge in [0.25, 0.3) is 0 Å². The quantitative estimate of drug-likeness (QED) is 0.701. The molecule has 7 nitrogen and oxygen atoms in total. The number of nitrogens with zero attached hydrogens (tertiary/aromatic N) is 2. The van der Waals surface area contributed by atoms with Crippen LogP contribution in [0.25, 0.3) is 5.69 Å². The van der Waals surface area contributed by atoms with Crippen molar-refractivity contribution in [1.82, 2.24) is 9.78 Å². The molecular weight excluding hydrogens is 386 g/mol. The van der Waals surface area contributed by atoms with Crippen molar-refractivity contribution in [3.05, 3.63) is 60.4 Å². The first kappa shape index (κ1) is 19.1. The van der Waals surface area contributed by atoms with E-state index in [1.165, 1.54) is 18.2 Å². The lowest BCUT2D eigenvalue weighted by Gasteiger charge is -2.12. The maximum absolute atomic E-state index is 12.2. The summed E-state index contributed by atoms with van der Waals surface area (Å²) in [6, 6.07) is 13.5. The highest BCUT2D eigenvalue weighted by Gasteiger charge is 2.19. The van der Waals surface area contributed by atoms with Crippen molar-refractivity contribution >= 4 is 31.0 Å². The van der Waals surface area contributed by atoms with E-state index in [1.807, 2.05) is 37.3 Å². The van der Waals surface area contributed by atoms with Crippen LogP contribution in [0.3, 0.4) is 0 Å². The summed E-state index contributed by atoms with van der Waals surface area (Å²) in [4.78, 5) is -0.137. The third-order valence-corrected chi connectivity index (χ3v) is 6.31. The van der Waals surface area contributed by atoms with Crippen molar-refractivity contribution in [2.24, 2.45) is 0 Å². The van der Waals surface area contributed by atoms with Gasteiger partial charge in [-0.1, -0.05) is 18.2 Å². The summed E-state index contributed by atoms with van der Waals surface area (Å²) in [6.45, 7) is 1.85. The number of benzene rings is 2. The number of para-hydroxylation sites is 1. The lowest BCUT2D eigenvalue weighted by atomic mass is 10.3. The molecule has 0 bridgehead atoms. The Balaban J connectivity index is 2.05. The lowest BCUT2D eigenvalue weighted by Crippen LogP contribution is -2.06. The highest BCUT2D eigenvalue weighted by atomic mass is 32.2. The molecule has 0 unspecified atom stereocenters. The molecule has 0 atom stereocenters. The van der Waals surface area contributed by atoms with E-state index in [1.54, 1.807) is 10.9 Å². The third-order valence-electron chi connectivity index (χ3n) is 4.06. The van der Waals surface area contributed by atoms with Gasteiger partial charge in [0, 0.05) is 12.5 Å². The molecule has 0 radical (unpaired) electrons. The van der Waals surface area contributed by atoms with Gasteiger partial charge in [-0.3, -0.25) is 0 Å². The van der Waals surface area contributed by atoms with E-state index < -0.39 is 19.7 Å². The molecule has 0 amide bonds. The van der Waals surface area contributed by atoms with Crippen LogP contribution in [-0.2, 0) is 19.7 Å². The SMILES string of the molecule is Cc1c(Nc2ccc(S(C)(=O)=O)cc2S(C)(=O)=O)cnn1-c1ccccc1. The Morgan fingerprint density at radius 2 is 1.56 bits per heavy atom. The van der Waals surface area contributed by atoms with Crippen LogP contribution in [-0.4, -0.2) is 39.1 Å². The third kappa shape index (κ3) is 4.04. The minimum Gasteiger partial charge on any atom is -0.352 e. The zero-order chi connectivity index (χ0) is 19.8. The van der Waals surface area contributed by atoms with Crippen LogP contribution in [0.1, 0.15) is 5.69 Å². The molecule has 1 aromatic heterocycles. The van der Waals surface area contributed by atoms with E-state index in [-0.39, 0.29) is 9.79 Å². The second-order valence-corrected chi connectivity index (χ2v) is 10.2. The minimum absolute atomic E-state index is 0.0508. The molecule has 0 aliphatic rings. The Morgan fingerprint density at radius 3 is 2.15 bits per heavy atom. The predicted octanol–water partition coefficient (Wildman–Crippen LogP) is 2.73. The van der Waals surface area contributed by atoms with Gasteiger partial charge in [0.15, 0.2) is 19.7 Å². The Morgan fingerprint density at radius 1 is 0.889 bits per heavy atom. The zero-order valence-electron chi connectivity index (χ0n) is 15.0. The molecule has 0 aliphatic carbocycles. The van der Waals surface area contributed by atoms with Gasteiger partial charge in [-0.2, -0.15) is 5.10 Å². The molecule has 2 aromatic carbocycles. The number of hydrogen-bond donors (Lipinski definition) is 1. The molecule has 27 heavy (non-hydrogen) atoms. The summed E-state index contributed by atoms with van der Waals surface area (Å²) in [5.74, 6) is 0. The van der Waals surface area contributed by atoms with Gasteiger partial charge in [-0.15, -0.1) is 0 Å². The van der Waals surface area contributed by atoms with Crippen molar-refractivity contribution in [3.8, 4) is 5.69 Å². The first-order valence-corrected chi connectivity index (χ1v) is 11.8. The summed E-state index contributed by atoms with van der Waals surface area (Å²) in [6.07, 6.45) is 3.67. The number of nitrogens with one attached hydrogen (secondary N) is 1. The topological polar surface area (TPSA) is 98.1 Å². The fourth-order valence-electron chi connectivity index (χ4n) is 2.65. The fourth-order valence-corrected chi connectivity index (χ4v) is 4.23. The Kier molecular flexibility index (Phi) is 4.83. The summed E-state index contributed by atoms with van der Waals surface area (Å²) in [7, 11) is -7.17. The van der Waals surface area contributed by atoms with Gasteiger partial charge >= 0.3 is 0 Å². The minimum atomic E-state index is -3.65. The lowest BCUT2D eigenvalue weighted by molar-refractivity contribution is 0.600. The van der Waals surface area contributed by atoms with Crippen molar-refractivity contribution < 1.29 is 16.8 Å². The summed E-state index contributed by atoms with van der Waals surface area (Å²) >= 11 is 0. The average molecular weight is 406 g/mol. The molecule has 3 aromatic rings. The van der Waals surface area contributed by atoms with Crippen molar-refractivity contribution in [1.29, 1.82) is 0 Å². The monoisotopic (exact) mass is 405 g/mol. The molecular formula is C18H19N3O4S2. The number of rotatable bonds is 5. The average Bonchev–Trinajstić information content (AvgIpc) is 2.95. The highest BCUT2D eigenvalue weighted by Crippen LogP contribution is 2.29. The van der Waals surface area contributed by atoms with E-state index in [9.17, 15) is 16.8 Å². The van der Waals surface area contributed by atoms with Gasteiger partial charge in [-0.25, -0.2) is 21.5 Å². The van der Waals surface area contributed by atoms with Crippen molar-refractivity contribution in [2.75, 3.05) is 17.8 Å². The summed E-state index contributed by atoms with van der Waals surface area (Å²) < 4.78 is 49.6. The van der Waals surface area contributed by atoms with Crippen LogP contribution in [0.4, 0.5) is 11.4 Å². The van der Waals surface area contributed by atoms with Crippen LogP contribution in [0.5, 0.6) is 0 Å². The second-order valence-electron chi connectivity index (χ2n) is 6.22. The van der Waals surface area contributed by atoms with Crippen LogP contribution in [0.2, 0.25) is 0 Å². The van der Waals surface area contributed by atoms with E-state index in [2.05, 4.69) is 10.4 Å². The first-order chi connectivity index (χ1) is 12.6. The van der Waals surface area contributed by atoms with Gasteiger partial charge in [0.1, 0.15) is 0 Å². The molecule has 3 rings (SSSR count). The van der Waals surface area contributed by atoms with Crippen LogP contribution in [0.15, 0.2) is 64.5 Å². The molecule has 0 saturated heterocycles. The second kappa shape index (κ2) is 6.82. The van der Waals surface area contributed by atoms with Gasteiger partial charge < -0.3 is 5.32 Å². The van der Waals surface area contributed by atoms with Gasteiger partial charge in [-0.05, 0) is 37.3 Å². The van der Waals surface area contributed by atoms with E-state index in [0.717, 1.165) is 23.9 Å². The zero-order valence-corrected chi connectivity index (χ0v) is 16.7. The molecule has 1 heterocycles. The number of aromatic nitrogens is 2. The maximum atomic E-state index is 12.2. The summed E-state index contributed by atoms with van der Waals surface area (Å²) in [5, 5.41) is 7.40. The standard InChI is InChI=1S/C18H19N3O4S2/c1-13-17(12-19-21(13)14-7-5-4-6-8-14)20-16-10-9-15(26(2,22)23)11-18(16)27(3,24)25/h4-12,20H,1-3H3. The Hall–Kier alpha value is -2.65. The molecule has 0 spiro atoms. The largest absolute Gasteiger partial charge is 0.352 e. The summed E-state index contributed by atoms with van der Waals surface area (Å²) in [5.41, 5.74) is 2.57. The molecule has 0 aliphatic heterocycles. The maximum Gasteiger partial charge on any atom is 0.177 e. The Labute approximate surface area is 158 Å². The Bertz CT molecular complexity index is 1200. The van der Waals surface area contributed by atoms with E-state index >= 15 is 0 Å². The number of anilines is 2. The van der Waals surface area contributed by atoms with Crippen molar-refractivity contribution in [3.63, 3.8) is 0 Å². The number of sulfone groups is 2. The molecule has 0 saturated carbocycles. The van der Waals surface area contributed by atoms with Crippen LogP contribution < -0.4 is 5.32 Å². The van der Waals surface area contributed by atoms with Gasteiger partial charge in [0.05, 0.1) is 38.7 Å². The fraction of sp³-hybridized carbons (Fsp3) is 0.167. The van der Waals surface area contributed by atoms with Gasteiger partial charge in [0.2, 0.25) is 0 Å². The smallest absolute Gasteiger partial charge is 0.177 e. The normalized spacial score (nSPS) is 12.1.